The molecule has 1 aromatic carbocycles. The van der Waals surface area contributed by atoms with Gasteiger partial charge in [-0.3, -0.25) is 28.8 Å². The summed E-state index contributed by atoms with van der Waals surface area (Å²) in [5.74, 6) is -3.95. The van der Waals surface area contributed by atoms with Crippen LogP contribution < -0.4 is 32.3 Å². The van der Waals surface area contributed by atoms with E-state index in [1.807, 2.05) is 6.92 Å². The van der Waals surface area contributed by atoms with Crippen LogP contribution in [0.1, 0.15) is 44.5 Å². The number of hydrogen-bond donors (Lipinski definition) is 7. The third-order valence-corrected chi connectivity index (χ3v) is 9.15. The van der Waals surface area contributed by atoms with E-state index in [1.165, 1.54) is 16.2 Å². The highest BCUT2D eigenvalue weighted by Gasteiger charge is 2.45. The maximum absolute atomic E-state index is 13.9. The highest BCUT2D eigenvalue weighted by molar-refractivity contribution is 7.13. The molecule has 3 heterocycles. The molecular weight excluding hydrogens is 656 g/mol. The Morgan fingerprint density at radius 1 is 0.980 bits per heavy atom. The monoisotopic (exact) mass is 700 g/mol. The molecule has 4 rings (SSSR count). The van der Waals surface area contributed by atoms with Crippen LogP contribution in [0, 0.1) is 12.3 Å². The maximum Gasteiger partial charge on any atom is 0.247 e. The normalized spacial score (nSPS) is 25.7. The zero-order valence-electron chi connectivity index (χ0n) is 27.9. The Labute approximate surface area is 287 Å². The van der Waals surface area contributed by atoms with E-state index in [4.69, 9.17) is 10.5 Å². The Morgan fingerprint density at radius 2 is 1.69 bits per heavy atom. The number of aliphatic hydroxyl groups excluding tert-OH is 1. The van der Waals surface area contributed by atoms with E-state index >= 15 is 0 Å². The van der Waals surface area contributed by atoms with Crippen LogP contribution in [0.3, 0.4) is 0 Å². The fraction of sp³-hybridized carbons (Fsp3) is 0.531. The number of ether oxygens (including phenoxy) is 1. The predicted octanol–water partition coefficient (Wildman–Crippen LogP) is -1.53. The molecule has 2 fully saturated rings. The largest absolute Gasteiger partial charge is 0.391 e. The standard InChI is InChI=1S/C32H44N8O8S/c1-17-26(49-16-36-17)19-7-5-18(6-8-19)25-30(46)35-13-23(42)37-21(12-33)28(44)34-9-10-48-15-24(43)38-27(32(2,3)4)31(47)40-14-20(41)11-22(40)29(45)39-25/h5-8,16,20-22,25,27,41H,9-15,33H2,1-4H3,(H,34,44)(H,35,46)(H,37,42)(H,38,43)(H,39,45)/t20-,21-,22+,25-,27-/m1/s1. The molecule has 0 unspecified atom stereocenters. The first kappa shape index (κ1) is 37.4. The van der Waals surface area contributed by atoms with Crippen LogP contribution in [0.2, 0.25) is 0 Å². The van der Waals surface area contributed by atoms with Gasteiger partial charge in [0.25, 0.3) is 0 Å². The molecule has 49 heavy (non-hydrogen) atoms. The molecule has 1 aromatic heterocycles. The number of nitrogens with one attached hydrogen (secondary N) is 5. The molecule has 17 heteroatoms. The van der Waals surface area contributed by atoms with E-state index in [2.05, 4.69) is 31.6 Å². The second-order valence-corrected chi connectivity index (χ2v) is 13.9. The van der Waals surface area contributed by atoms with Gasteiger partial charge >= 0.3 is 0 Å². The van der Waals surface area contributed by atoms with Gasteiger partial charge in [0.15, 0.2) is 0 Å². The first-order chi connectivity index (χ1) is 23.2. The third kappa shape index (κ3) is 9.59. The van der Waals surface area contributed by atoms with Crippen molar-refractivity contribution >= 4 is 46.8 Å². The molecule has 2 aliphatic heterocycles. The summed E-state index contributed by atoms with van der Waals surface area (Å²) in [6, 6.07) is 2.19. The third-order valence-electron chi connectivity index (χ3n) is 8.17. The first-order valence-corrected chi connectivity index (χ1v) is 16.8. The predicted molar refractivity (Wildman–Crippen MR) is 179 cm³/mol. The second kappa shape index (κ2) is 16.3. The van der Waals surface area contributed by atoms with Gasteiger partial charge < -0.3 is 47.1 Å². The molecular formula is C32H44N8O8S. The summed E-state index contributed by atoms with van der Waals surface area (Å²) in [5.41, 5.74) is 8.68. The first-order valence-electron chi connectivity index (χ1n) is 15.9. The van der Waals surface area contributed by atoms with E-state index in [9.17, 15) is 33.9 Å². The molecule has 2 aliphatic rings. The summed E-state index contributed by atoms with van der Waals surface area (Å²) in [6.07, 6.45) is -1.14. The number of aryl methyl sites for hydroxylation is 1. The van der Waals surface area contributed by atoms with Crippen molar-refractivity contribution in [3.8, 4) is 10.4 Å². The smallest absolute Gasteiger partial charge is 0.247 e. The van der Waals surface area contributed by atoms with Crippen molar-refractivity contribution in [2.45, 2.75) is 64.4 Å². The van der Waals surface area contributed by atoms with Gasteiger partial charge in [-0.05, 0) is 23.5 Å². The van der Waals surface area contributed by atoms with Crippen LogP contribution in [0.5, 0.6) is 0 Å². The molecule has 0 spiro atoms. The fourth-order valence-electron chi connectivity index (χ4n) is 5.55. The highest BCUT2D eigenvalue weighted by Crippen LogP contribution is 2.30. The van der Waals surface area contributed by atoms with Gasteiger partial charge in [0, 0.05) is 26.1 Å². The van der Waals surface area contributed by atoms with Crippen LogP contribution in [-0.4, -0.2) is 114 Å². The topological polar surface area (TPSA) is 234 Å². The number of amides is 6. The maximum atomic E-state index is 13.9. The second-order valence-electron chi connectivity index (χ2n) is 13.0. The van der Waals surface area contributed by atoms with Crippen molar-refractivity contribution in [3.63, 3.8) is 0 Å². The molecule has 0 aliphatic carbocycles. The van der Waals surface area contributed by atoms with E-state index in [1.54, 1.807) is 50.5 Å². The molecule has 266 valence electrons. The lowest BCUT2D eigenvalue weighted by Crippen LogP contribution is -2.58. The molecule has 2 aromatic rings. The van der Waals surface area contributed by atoms with E-state index in [0.29, 0.717) is 5.56 Å². The Balaban J connectivity index is 1.66. The van der Waals surface area contributed by atoms with E-state index in [0.717, 1.165) is 16.1 Å². The van der Waals surface area contributed by atoms with Gasteiger partial charge in [-0.1, -0.05) is 45.0 Å². The minimum Gasteiger partial charge on any atom is -0.391 e. The van der Waals surface area contributed by atoms with Crippen molar-refractivity contribution in [2.75, 3.05) is 39.4 Å². The average molecular weight is 701 g/mol. The number of aliphatic hydroxyl groups is 1. The number of carbonyl (C=O) groups excluding carboxylic acids is 6. The Kier molecular flexibility index (Phi) is 12.4. The van der Waals surface area contributed by atoms with E-state index < -0.39 is 84.3 Å². The number of nitrogens with two attached hydrogens (primary N) is 1. The van der Waals surface area contributed by atoms with Crippen molar-refractivity contribution in [3.05, 3.63) is 41.0 Å². The summed E-state index contributed by atoms with van der Waals surface area (Å²) in [6.45, 7) is 5.70. The van der Waals surface area contributed by atoms with Crippen LogP contribution in [-0.2, 0) is 33.5 Å². The number of benzene rings is 1. The van der Waals surface area contributed by atoms with Crippen molar-refractivity contribution < 1.29 is 38.6 Å². The Hall–Kier alpha value is -4.45. The summed E-state index contributed by atoms with van der Waals surface area (Å²) >= 11 is 1.45. The van der Waals surface area contributed by atoms with E-state index in [-0.39, 0.29) is 32.7 Å². The molecule has 5 atom stereocenters. The number of hydrogen-bond acceptors (Lipinski definition) is 11. The van der Waals surface area contributed by atoms with Gasteiger partial charge in [-0.25, -0.2) is 4.98 Å². The molecule has 0 radical (unpaired) electrons. The number of nitrogens with zero attached hydrogens (tertiary/aromatic N) is 2. The summed E-state index contributed by atoms with van der Waals surface area (Å²) < 4.78 is 5.38. The van der Waals surface area contributed by atoms with Crippen molar-refractivity contribution in [1.82, 2.24) is 36.5 Å². The van der Waals surface area contributed by atoms with Gasteiger partial charge in [-0.2, -0.15) is 0 Å². The quantitative estimate of drug-likeness (QED) is 0.195. The van der Waals surface area contributed by atoms with Crippen LogP contribution >= 0.6 is 11.3 Å². The zero-order chi connectivity index (χ0) is 35.9. The lowest BCUT2D eigenvalue weighted by molar-refractivity contribution is -0.145. The van der Waals surface area contributed by atoms with Crippen LogP contribution in [0.25, 0.3) is 10.4 Å². The summed E-state index contributed by atoms with van der Waals surface area (Å²) in [4.78, 5) is 86.1. The number of thiazole rings is 1. The SMILES string of the molecule is Cc1ncsc1-c1ccc([C@H]2NC(=O)[C@@H]3C[C@@H](O)CN3C(=O)[C@H](C(C)(C)C)NC(=O)COCCNC(=O)[C@@H](CN)NC(=O)CNC2=O)cc1. The molecule has 0 saturated carbocycles. The number of rotatable bonds is 3. The van der Waals surface area contributed by atoms with Gasteiger partial charge in [-0.15, -0.1) is 11.3 Å². The minimum atomic E-state index is -1.32. The van der Waals surface area contributed by atoms with Gasteiger partial charge in [0.05, 0.1) is 35.3 Å². The molecule has 8 N–H and O–H groups in total. The van der Waals surface area contributed by atoms with Gasteiger partial charge in [0.1, 0.15) is 30.8 Å². The van der Waals surface area contributed by atoms with Crippen LogP contribution in [0.15, 0.2) is 29.8 Å². The molecule has 0 bridgehead atoms. The van der Waals surface area contributed by atoms with Crippen molar-refractivity contribution in [1.29, 1.82) is 0 Å². The number of aromatic nitrogens is 1. The zero-order valence-corrected chi connectivity index (χ0v) is 28.7. The van der Waals surface area contributed by atoms with Gasteiger partial charge in [0.2, 0.25) is 35.4 Å². The minimum absolute atomic E-state index is 0.00100. The van der Waals surface area contributed by atoms with Crippen molar-refractivity contribution in [2.24, 2.45) is 11.1 Å². The highest BCUT2D eigenvalue weighted by atomic mass is 32.1. The lowest BCUT2D eigenvalue weighted by Gasteiger charge is -2.35. The lowest BCUT2D eigenvalue weighted by atomic mass is 9.85. The molecule has 16 nitrogen and oxygen atoms in total. The number of carbonyl (C=O) groups is 6. The average Bonchev–Trinajstić information content (AvgIpc) is 3.67. The fourth-order valence-corrected chi connectivity index (χ4v) is 6.36. The number of fused-ring (bicyclic) bond motifs is 1. The summed E-state index contributed by atoms with van der Waals surface area (Å²) in [5, 5.41) is 23.5. The molecule has 2 saturated heterocycles. The Bertz CT molecular complexity index is 1540. The summed E-state index contributed by atoms with van der Waals surface area (Å²) in [7, 11) is 0. The Morgan fingerprint density at radius 3 is 2.33 bits per heavy atom. The molecule has 6 amide bonds. The van der Waals surface area contributed by atoms with Crippen LogP contribution in [0.4, 0.5) is 0 Å².